The van der Waals surface area contributed by atoms with Crippen molar-refractivity contribution in [3.8, 4) is 0 Å². The largest absolute Gasteiger partial charge is 0.397 e. The lowest BCUT2D eigenvalue weighted by atomic mass is 10.2. The fourth-order valence-electron chi connectivity index (χ4n) is 1.76. The summed E-state index contributed by atoms with van der Waals surface area (Å²) in [5, 5.41) is 2.02. The third-order valence-corrected chi connectivity index (χ3v) is 4.15. The Labute approximate surface area is 129 Å². The predicted octanol–water partition coefficient (Wildman–Crippen LogP) is 2.91. The number of nitrogen functional groups attached to an aromatic ring is 1. The van der Waals surface area contributed by atoms with Crippen molar-refractivity contribution in [2.75, 3.05) is 12.8 Å². The minimum absolute atomic E-state index is 0. The standard InChI is InChI=1S/C14H17N3OS.ClH/c1-10(13-4-3-7-19-13)17(2)14(18)8-12-6-5-11(15)9-16-12;/h3-7,9-10H,8,15H2,1-2H3;1H. The molecule has 0 spiro atoms. The Balaban J connectivity index is 0.00000200. The molecule has 1 atom stereocenters. The monoisotopic (exact) mass is 311 g/mol. The fraction of sp³-hybridized carbons (Fsp3) is 0.286. The van der Waals surface area contributed by atoms with Crippen molar-refractivity contribution in [2.24, 2.45) is 0 Å². The van der Waals surface area contributed by atoms with Crippen LogP contribution in [0.4, 0.5) is 5.69 Å². The lowest BCUT2D eigenvalue weighted by Crippen LogP contribution is -2.30. The minimum Gasteiger partial charge on any atom is -0.397 e. The molecule has 1 unspecified atom stereocenters. The van der Waals surface area contributed by atoms with Crippen LogP contribution in [0.3, 0.4) is 0 Å². The van der Waals surface area contributed by atoms with Gasteiger partial charge in [0, 0.05) is 17.6 Å². The summed E-state index contributed by atoms with van der Waals surface area (Å²) in [6.07, 6.45) is 1.87. The summed E-state index contributed by atoms with van der Waals surface area (Å²) in [6, 6.07) is 7.67. The van der Waals surface area contributed by atoms with E-state index in [2.05, 4.69) is 4.98 Å². The zero-order chi connectivity index (χ0) is 13.8. The van der Waals surface area contributed by atoms with Gasteiger partial charge >= 0.3 is 0 Å². The molecule has 0 radical (unpaired) electrons. The molecule has 20 heavy (non-hydrogen) atoms. The van der Waals surface area contributed by atoms with Gasteiger partial charge in [-0.3, -0.25) is 9.78 Å². The van der Waals surface area contributed by atoms with Crippen LogP contribution in [0.2, 0.25) is 0 Å². The molecule has 2 rings (SSSR count). The number of carbonyl (C=O) groups excluding carboxylic acids is 1. The molecule has 2 aromatic rings. The number of hydrogen-bond acceptors (Lipinski definition) is 4. The number of anilines is 1. The average molecular weight is 312 g/mol. The Morgan fingerprint density at radius 2 is 2.20 bits per heavy atom. The number of thiophene rings is 1. The van der Waals surface area contributed by atoms with Gasteiger partial charge in [0.25, 0.3) is 0 Å². The van der Waals surface area contributed by atoms with Gasteiger partial charge < -0.3 is 10.6 Å². The first-order valence-electron chi connectivity index (χ1n) is 6.07. The van der Waals surface area contributed by atoms with Gasteiger partial charge in [0.15, 0.2) is 0 Å². The first kappa shape index (κ1) is 16.5. The molecule has 0 fully saturated rings. The zero-order valence-electron chi connectivity index (χ0n) is 11.4. The molecule has 0 saturated carbocycles. The Hall–Kier alpha value is -1.59. The Morgan fingerprint density at radius 1 is 1.45 bits per heavy atom. The van der Waals surface area contributed by atoms with Gasteiger partial charge in [-0.2, -0.15) is 0 Å². The Morgan fingerprint density at radius 3 is 2.75 bits per heavy atom. The summed E-state index contributed by atoms with van der Waals surface area (Å²) in [6.45, 7) is 2.03. The molecule has 6 heteroatoms. The second-order valence-corrected chi connectivity index (χ2v) is 5.43. The number of aromatic nitrogens is 1. The van der Waals surface area contributed by atoms with Gasteiger partial charge in [0.2, 0.25) is 5.91 Å². The van der Waals surface area contributed by atoms with Crippen LogP contribution in [-0.4, -0.2) is 22.8 Å². The van der Waals surface area contributed by atoms with Gasteiger partial charge in [-0.15, -0.1) is 23.7 Å². The quantitative estimate of drug-likeness (QED) is 0.944. The van der Waals surface area contributed by atoms with E-state index < -0.39 is 0 Å². The average Bonchev–Trinajstić information content (AvgIpc) is 2.93. The number of carbonyl (C=O) groups is 1. The number of pyridine rings is 1. The van der Waals surface area contributed by atoms with Crippen LogP contribution in [0.5, 0.6) is 0 Å². The summed E-state index contributed by atoms with van der Waals surface area (Å²) in [4.78, 5) is 19.3. The first-order valence-corrected chi connectivity index (χ1v) is 6.95. The third kappa shape index (κ3) is 3.95. The molecule has 2 N–H and O–H groups in total. The number of rotatable bonds is 4. The number of hydrogen-bond donors (Lipinski definition) is 1. The Bertz CT molecular complexity index is 542. The van der Waals surface area contributed by atoms with Crippen LogP contribution in [0, 0.1) is 0 Å². The van der Waals surface area contributed by atoms with Crippen molar-refractivity contribution < 1.29 is 4.79 Å². The van der Waals surface area contributed by atoms with E-state index in [1.54, 1.807) is 34.6 Å². The molecule has 0 bridgehead atoms. The predicted molar refractivity (Wildman–Crippen MR) is 85.1 cm³/mol. The molecule has 2 heterocycles. The number of likely N-dealkylation sites (N-methyl/N-ethyl adjacent to an activating group) is 1. The van der Waals surface area contributed by atoms with Crippen molar-refractivity contribution in [3.05, 3.63) is 46.4 Å². The van der Waals surface area contributed by atoms with E-state index in [-0.39, 0.29) is 24.4 Å². The maximum Gasteiger partial charge on any atom is 0.228 e. The van der Waals surface area contributed by atoms with Crippen molar-refractivity contribution in [1.82, 2.24) is 9.88 Å². The van der Waals surface area contributed by atoms with Crippen molar-refractivity contribution in [1.29, 1.82) is 0 Å². The maximum absolute atomic E-state index is 12.2. The molecule has 4 nitrogen and oxygen atoms in total. The van der Waals surface area contributed by atoms with Crippen LogP contribution in [-0.2, 0) is 11.2 Å². The van der Waals surface area contributed by atoms with E-state index in [0.717, 1.165) is 5.69 Å². The van der Waals surface area contributed by atoms with Crippen LogP contribution in [0.25, 0.3) is 0 Å². The molecule has 2 aromatic heterocycles. The lowest BCUT2D eigenvalue weighted by molar-refractivity contribution is -0.131. The second kappa shape index (κ2) is 7.26. The van der Waals surface area contributed by atoms with E-state index in [1.165, 1.54) is 4.88 Å². The second-order valence-electron chi connectivity index (χ2n) is 4.46. The molecular weight excluding hydrogens is 294 g/mol. The lowest BCUT2D eigenvalue weighted by Gasteiger charge is -2.24. The number of nitrogens with two attached hydrogens (primary N) is 1. The molecule has 108 valence electrons. The molecule has 0 aliphatic rings. The highest BCUT2D eigenvalue weighted by atomic mass is 35.5. The molecular formula is C14H18ClN3OS. The highest BCUT2D eigenvalue weighted by Crippen LogP contribution is 2.23. The summed E-state index contributed by atoms with van der Waals surface area (Å²) < 4.78 is 0. The molecule has 0 aliphatic carbocycles. The Kier molecular flexibility index (Phi) is 5.98. The SMILES string of the molecule is CC(c1cccs1)N(C)C(=O)Cc1ccc(N)cn1.Cl. The van der Waals surface area contributed by atoms with Gasteiger partial charge in [-0.1, -0.05) is 6.07 Å². The molecule has 0 aromatic carbocycles. The van der Waals surface area contributed by atoms with E-state index >= 15 is 0 Å². The first-order chi connectivity index (χ1) is 9.08. The number of amides is 1. The zero-order valence-corrected chi connectivity index (χ0v) is 13.1. The van der Waals surface area contributed by atoms with Crippen LogP contribution in [0.15, 0.2) is 35.8 Å². The van der Waals surface area contributed by atoms with Gasteiger partial charge in [0.1, 0.15) is 0 Å². The fourth-order valence-corrected chi connectivity index (χ4v) is 2.58. The van der Waals surface area contributed by atoms with Crippen LogP contribution in [0.1, 0.15) is 23.5 Å². The summed E-state index contributed by atoms with van der Waals surface area (Å²) in [5.41, 5.74) is 6.92. The number of nitrogens with zero attached hydrogens (tertiary/aromatic N) is 2. The summed E-state index contributed by atoms with van der Waals surface area (Å²) in [5.74, 6) is 0.0539. The van der Waals surface area contributed by atoms with E-state index in [4.69, 9.17) is 5.73 Å². The third-order valence-electron chi connectivity index (χ3n) is 3.11. The molecule has 1 amide bonds. The number of halogens is 1. The minimum atomic E-state index is 0. The smallest absolute Gasteiger partial charge is 0.228 e. The van der Waals surface area contributed by atoms with E-state index in [0.29, 0.717) is 12.1 Å². The summed E-state index contributed by atoms with van der Waals surface area (Å²) >= 11 is 1.66. The van der Waals surface area contributed by atoms with Crippen LogP contribution < -0.4 is 5.73 Å². The highest BCUT2D eigenvalue weighted by Gasteiger charge is 2.18. The summed E-state index contributed by atoms with van der Waals surface area (Å²) in [7, 11) is 1.82. The van der Waals surface area contributed by atoms with E-state index in [1.807, 2.05) is 31.5 Å². The van der Waals surface area contributed by atoms with Crippen molar-refractivity contribution >= 4 is 35.3 Å². The normalized spacial score (nSPS) is 11.5. The van der Waals surface area contributed by atoms with E-state index in [9.17, 15) is 4.79 Å². The van der Waals surface area contributed by atoms with Crippen molar-refractivity contribution in [3.63, 3.8) is 0 Å². The van der Waals surface area contributed by atoms with Gasteiger partial charge in [-0.25, -0.2) is 0 Å². The van der Waals surface area contributed by atoms with Gasteiger partial charge in [-0.05, 0) is 30.5 Å². The topological polar surface area (TPSA) is 59.2 Å². The molecule has 0 saturated heterocycles. The highest BCUT2D eigenvalue weighted by molar-refractivity contribution is 7.10. The maximum atomic E-state index is 12.2. The van der Waals surface area contributed by atoms with Crippen LogP contribution >= 0.6 is 23.7 Å². The van der Waals surface area contributed by atoms with Gasteiger partial charge in [0.05, 0.1) is 24.3 Å². The molecule has 0 aliphatic heterocycles. The van der Waals surface area contributed by atoms with Crippen molar-refractivity contribution in [2.45, 2.75) is 19.4 Å².